The second kappa shape index (κ2) is 14.8. The van der Waals surface area contributed by atoms with Gasteiger partial charge in [-0.1, -0.05) is 67.4 Å². The van der Waals surface area contributed by atoms with Gasteiger partial charge in [0.25, 0.3) is 0 Å². The lowest BCUT2D eigenvalue weighted by Crippen LogP contribution is -2.51. The maximum Gasteiger partial charge on any atom is 0.313 e. The van der Waals surface area contributed by atoms with Gasteiger partial charge in [-0.25, -0.2) is 0 Å². The van der Waals surface area contributed by atoms with Crippen LogP contribution in [0.3, 0.4) is 0 Å². The van der Waals surface area contributed by atoms with Crippen LogP contribution in [0.25, 0.3) is 0 Å². The minimum absolute atomic E-state index is 0. The monoisotopic (exact) mass is 585 g/mol. The molecule has 212 valence electrons. The van der Waals surface area contributed by atoms with Gasteiger partial charge in [-0.2, -0.15) is 0 Å². The Kier molecular flexibility index (Phi) is 12.7. The number of esters is 1. The third-order valence-corrected chi connectivity index (χ3v) is 8.77. The number of aliphatic hydroxyl groups is 1. The van der Waals surface area contributed by atoms with Crippen LogP contribution >= 0.6 is 35.6 Å². The van der Waals surface area contributed by atoms with Crippen molar-refractivity contribution in [3.8, 4) is 5.75 Å². The molecule has 2 aromatic carbocycles. The molecule has 8 heteroatoms. The molecule has 5 nitrogen and oxygen atoms in total. The normalized spacial score (nSPS) is 15.8. The first-order chi connectivity index (χ1) is 17.6. The van der Waals surface area contributed by atoms with Crippen molar-refractivity contribution in [1.82, 2.24) is 5.32 Å². The molecule has 2 aromatic rings. The number of benzene rings is 2. The number of hydrogen-bond donors (Lipinski definition) is 2. The maximum atomic E-state index is 12.1. The van der Waals surface area contributed by atoms with Crippen LogP contribution in [0.15, 0.2) is 36.4 Å². The second-order valence-electron chi connectivity index (χ2n) is 10.3. The third-order valence-electron chi connectivity index (χ3n) is 7.89. The summed E-state index contributed by atoms with van der Waals surface area (Å²) in [6, 6.07) is 12.1. The first kappa shape index (κ1) is 32.7. The molecule has 0 heterocycles. The predicted molar refractivity (Wildman–Crippen MR) is 158 cm³/mol. The minimum atomic E-state index is -0.744. The average molecular weight is 587 g/mol. The van der Waals surface area contributed by atoms with Crippen molar-refractivity contribution in [3.05, 3.63) is 63.1 Å². The number of nitrogens with one attached hydrogen (secondary N) is 1. The van der Waals surface area contributed by atoms with Crippen LogP contribution < -0.4 is 10.1 Å². The molecule has 0 amide bonds. The summed E-state index contributed by atoms with van der Waals surface area (Å²) in [6.07, 6.45) is 4.01. The second-order valence-corrected chi connectivity index (χ2v) is 11.0. The van der Waals surface area contributed by atoms with Gasteiger partial charge in [-0.3, -0.25) is 4.79 Å². The lowest BCUT2D eigenvalue weighted by atomic mass is 9.81. The van der Waals surface area contributed by atoms with E-state index in [1.165, 1.54) is 11.1 Å². The number of hydrogen-bond acceptors (Lipinski definition) is 5. The number of β-amino-alcohol motifs (C(OH)–C–C–N with tert-alkyl or cyclic N) is 1. The van der Waals surface area contributed by atoms with E-state index in [4.69, 9.17) is 32.7 Å². The van der Waals surface area contributed by atoms with Crippen LogP contribution in [0.5, 0.6) is 5.75 Å². The summed E-state index contributed by atoms with van der Waals surface area (Å²) in [4.78, 5) is 12.1. The number of rotatable bonds is 13. The molecule has 38 heavy (non-hydrogen) atoms. The topological polar surface area (TPSA) is 67.8 Å². The first-order valence-electron chi connectivity index (χ1n) is 13.5. The fraction of sp³-hybridized carbons (Fsp3) is 0.567. The Morgan fingerprint density at radius 1 is 1.05 bits per heavy atom. The lowest BCUT2D eigenvalue weighted by molar-refractivity contribution is -0.144. The molecule has 1 unspecified atom stereocenters. The molecule has 1 aliphatic rings. The average Bonchev–Trinajstić information content (AvgIpc) is 3.31. The van der Waals surface area contributed by atoms with Crippen molar-refractivity contribution in [2.24, 2.45) is 5.92 Å². The summed E-state index contributed by atoms with van der Waals surface area (Å²) in [7, 11) is 0. The summed E-state index contributed by atoms with van der Waals surface area (Å²) in [5.74, 6) is 0.0713. The van der Waals surface area contributed by atoms with E-state index in [9.17, 15) is 9.90 Å². The molecular weight excluding hydrogens is 545 g/mol. The summed E-state index contributed by atoms with van der Waals surface area (Å²) < 4.78 is 11.1. The van der Waals surface area contributed by atoms with Gasteiger partial charge in [-0.15, -0.1) is 12.4 Å². The van der Waals surface area contributed by atoms with Gasteiger partial charge in [-0.05, 0) is 81.5 Å². The molecule has 0 aromatic heterocycles. The third kappa shape index (κ3) is 7.79. The van der Waals surface area contributed by atoms with Gasteiger partial charge in [0.1, 0.15) is 23.0 Å². The molecule has 0 bridgehead atoms. The van der Waals surface area contributed by atoms with E-state index < -0.39 is 18.1 Å². The SMILES string of the molecule is CCOC(=O)C(C)c1ccc(O[C@H](C)[C@H](O)CNC(CC)(CC)CC2Cc3ccccc3C2)c(Cl)c1Cl.Cl. The summed E-state index contributed by atoms with van der Waals surface area (Å²) in [5, 5.41) is 15.1. The van der Waals surface area contributed by atoms with Crippen LogP contribution in [0.1, 0.15) is 76.5 Å². The highest BCUT2D eigenvalue weighted by Crippen LogP contribution is 2.39. The van der Waals surface area contributed by atoms with Gasteiger partial charge in [0.15, 0.2) is 0 Å². The van der Waals surface area contributed by atoms with Gasteiger partial charge in [0.2, 0.25) is 0 Å². The highest BCUT2D eigenvalue weighted by molar-refractivity contribution is 6.43. The van der Waals surface area contributed by atoms with Gasteiger partial charge >= 0.3 is 5.97 Å². The Morgan fingerprint density at radius 2 is 1.66 bits per heavy atom. The molecule has 0 saturated carbocycles. The largest absolute Gasteiger partial charge is 0.486 e. The van der Waals surface area contributed by atoms with Crippen LogP contribution in [0.2, 0.25) is 10.0 Å². The van der Waals surface area contributed by atoms with E-state index in [0.717, 1.165) is 32.1 Å². The Labute approximate surface area is 244 Å². The minimum Gasteiger partial charge on any atom is -0.486 e. The van der Waals surface area contributed by atoms with Crippen molar-refractivity contribution < 1.29 is 19.4 Å². The van der Waals surface area contributed by atoms with Crippen molar-refractivity contribution in [2.75, 3.05) is 13.2 Å². The Hall–Kier alpha value is -1.50. The molecule has 1 aliphatic carbocycles. The van der Waals surface area contributed by atoms with E-state index in [1.54, 1.807) is 26.0 Å². The summed E-state index contributed by atoms with van der Waals surface area (Å²) >= 11 is 13.0. The zero-order valence-electron chi connectivity index (χ0n) is 23.1. The Bertz CT molecular complexity index is 1030. The van der Waals surface area contributed by atoms with Crippen molar-refractivity contribution in [3.63, 3.8) is 0 Å². The number of aliphatic hydroxyl groups excluding tert-OH is 1. The molecule has 3 atom stereocenters. The van der Waals surface area contributed by atoms with Crippen molar-refractivity contribution >= 4 is 41.6 Å². The van der Waals surface area contributed by atoms with Crippen LogP contribution in [-0.4, -0.2) is 42.0 Å². The van der Waals surface area contributed by atoms with E-state index in [0.29, 0.717) is 30.4 Å². The van der Waals surface area contributed by atoms with Crippen LogP contribution in [0.4, 0.5) is 0 Å². The number of ether oxygens (including phenoxy) is 2. The standard InChI is InChI=1S/C30H41Cl2NO4.ClH/c1-6-30(7-2,17-21-15-22-11-9-10-12-23(22)16-21)33-18-25(34)20(5)37-26-14-13-24(27(31)28(26)32)19(4)29(35)36-8-3;/h9-14,19-21,25,33-34H,6-8,15-18H2,1-5H3;1H/t19?,20-,25-;/m1./s1. The highest BCUT2D eigenvalue weighted by Gasteiger charge is 2.33. The zero-order chi connectivity index (χ0) is 27.2. The lowest BCUT2D eigenvalue weighted by Gasteiger charge is -2.37. The summed E-state index contributed by atoms with van der Waals surface area (Å²) in [6.45, 7) is 10.4. The van der Waals surface area contributed by atoms with E-state index >= 15 is 0 Å². The van der Waals surface area contributed by atoms with Gasteiger partial charge in [0.05, 0.1) is 17.5 Å². The Morgan fingerprint density at radius 3 is 2.21 bits per heavy atom. The number of halogens is 3. The Balaban J connectivity index is 0.00000507. The molecule has 0 fully saturated rings. The number of carbonyl (C=O) groups is 1. The molecule has 2 N–H and O–H groups in total. The molecule has 0 radical (unpaired) electrons. The number of carbonyl (C=O) groups excluding carboxylic acids is 1. The van der Waals surface area contributed by atoms with E-state index in [-0.39, 0.29) is 34.0 Å². The van der Waals surface area contributed by atoms with E-state index in [2.05, 4.69) is 43.4 Å². The smallest absolute Gasteiger partial charge is 0.313 e. The maximum absolute atomic E-state index is 12.1. The van der Waals surface area contributed by atoms with Gasteiger partial charge in [0, 0.05) is 12.1 Å². The van der Waals surface area contributed by atoms with Crippen LogP contribution in [0, 0.1) is 5.92 Å². The molecule has 0 aliphatic heterocycles. The molecule has 3 rings (SSSR count). The quantitative estimate of drug-likeness (QED) is 0.244. The predicted octanol–water partition coefficient (Wildman–Crippen LogP) is 7.16. The van der Waals surface area contributed by atoms with Crippen molar-refractivity contribution in [1.29, 1.82) is 0 Å². The van der Waals surface area contributed by atoms with Crippen LogP contribution in [-0.2, 0) is 22.4 Å². The fourth-order valence-corrected chi connectivity index (χ4v) is 5.88. The summed E-state index contributed by atoms with van der Waals surface area (Å²) in [5.41, 5.74) is 3.47. The molecular formula is C30H42Cl3NO4. The molecule has 0 saturated heterocycles. The van der Waals surface area contributed by atoms with Gasteiger partial charge < -0.3 is 19.9 Å². The fourth-order valence-electron chi connectivity index (χ4n) is 5.34. The first-order valence-corrected chi connectivity index (χ1v) is 14.2. The van der Waals surface area contributed by atoms with E-state index in [1.807, 2.05) is 6.92 Å². The number of fused-ring (bicyclic) bond motifs is 1. The molecule has 0 spiro atoms. The highest BCUT2D eigenvalue weighted by atomic mass is 35.5. The zero-order valence-corrected chi connectivity index (χ0v) is 25.4. The van der Waals surface area contributed by atoms with Crippen molar-refractivity contribution in [2.45, 2.75) is 90.4 Å².